The minimum Gasteiger partial charge on any atom is -0.281 e. The first kappa shape index (κ1) is 9.05. The van der Waals surface area contributed by atoms with E-state index in [1.165, 1.54) is 0 Å². The molecule has 0 radical (unpaired) electrons. The van der Waals surface area contributed by atoms with E-state index in [2.05, 4.69) is 13.8 Å². The molecule has 1 aliphatic carbocycles. The van der Waals surface area contributed by atoms with Crippen LogP contribution in [0.2, 0.25) is 0 Å². The van der Waals surface area contributed by atoms with Crippen molar-refractivity contribution in [3.8, 4) is 0 Å². The van der Waals surface area contributed by atoms with Gasteiger partial charge in [-0.15, -0.1) is 0 Å². The third-order valence-corrected chi connectivity index (χ3v) is 3.00. The fraction of sp³-hybridized carbons (Fsp3) is 0.889. The zero-order valence-corrected chi connectivity index (χ0v) is 7.90. The van der Waals surface area contributed by atoms with Gasteiger partial charge in [0.1, 0.15) is 0 Å². The van der Waals surface area contributed by atoms with E-state index in [4.69, 9.17) is 11.6 Å². The Kier molecular flexibility index (Phi) is 2.94. The normalized spacial score (nSPS) is 38.6. The molecule has 0 bridgehead atoms. The average Bonchev–Trinajstić information content (AvgIpc) is 1.85. The summed E-state index contributed by atoms with van der Waals surface area (Å²) in [4.78, 5) is 10.9. The lowest BCUT2D eigenvalue weighted by Crippen LogP contribution is -2.25. The second-order valence-electron chi connectivity index (χ2n) is 3.81. The molecule has 0 unspecified atom stereocenters. The van der Waals surface area contributed by atoms with Crippen molar-refractivity contribution >= 4 is 16.8 Å². The maximum atomic E-state index is 10.9. The standard InChI is InChI=1S/C9H15ClO/c1-6-3-4-8(9(10)11)7(2)5-6/h6-8H,3-5H2,1-2H3/t6-,7+,8-/m1/s1. The fourth-order valence-electron chi connectivity index (χ4n) is 2.00. The van der Waals surface area contributed by atoms with Gasteiger partial charge in [0.15, 0.2) is 0 Å². The Morgan fingerprint density at radius 3 is 2.45 bits per heavy atom. The second-order valence-corrected chi connectivity index (χ2v) is 4.18. The molecular weight excluding hydrogens is 160 g/mol. The van der Waals surface area contributed by atoms with Crippen LogP contribution in [0.25, 0.3) is 0 Å². The van der Waals surface area contributed by atoms with Gasteiger partial charge < -0.3 is 0 Å². The number of halogens is 1. The molecule has 64 valence electrons. The van der Waals surface area contributed by atoms with Gasteiger partial charge >= 0.3 is 0 Å². The molecule has 0 aromatic heterocycles. The van der Waals surface area contributed by atoms with Crippen molar-refractivity contribution in [2.75, 3.05) is 0 Å². The molecule has 2 heteroatoms. The highest BCUT2D eigenvalue weighted by atomic mass is 35.5. The zero-order chi connectivity index (χ0) is 8.43. The van der Waals surface area contributed by atoms with Crippen LogP contribution in [0.4, 0.5) is 0 Å². The van der Waals surface area contributed by atoms with E-state index in [1.807, 2.05) is 0 Å². The quantitative estimate of drug-likeness (QED) is 0.559. The SMILES string of the molecule is C[C@@H]1CC[C@@H](C(=O)Cl)[C@@H](C)C1. The lowest BCUT2D eigenvalue weighted by molar-refractivity contribution is -0.117. The molecule has 0 spiro atoms. The summed E-state index contributed by atoms with van der Waals surface area (Å²) in [6.07, 6.45) is 3.31. The Morgan fingerprint density at radius 1 is 1.36 bits per heavy atom. The number of hydrogen-bond acceptors (Lipinski definition) is 1. The Labute approximate surface area is 73.1 Å². The van der Waals surface area contributed by atoms with E-state index in [9.17, 15) is 4.79 Å². The zero-order valence-electron chi connectivity index (χ0n) is 7.14. The number of rotatable bonds is 1. The largest absolute Gasteiger partial charge is 0.281 e. The predicted molar refractivity (Wildman–Crippen MR) is 46.5 cm³/mol. The van der Waals surface area contributed by atoms with Gasteiger partial charge in [-0.2, -0.15) is 0 Å². The van der Waals surface area contributed by atoms with E-state index < -0.39 is 0 Å². The lowest BCUT2D eigenvalue weighted by Gasteiger charge is -2.29. The van der Waals surface area contributed by atoms with Crippen LogP contribution in [0, 0.1) is 17.8 Å². The molecule has 1 aliphatic rings. The maximum Gasteiger partial charge on any atom is 0.224 e. The smallest absolute Gasteiger partial charge is 0.224 e. The van der Waals surface area contributed by atoms with Gasteiger partial charge in [0.05, 0.1) is 0 Å². The van der Waals surface area contributed by atoms with Crippen molar-refractivity contribution in [2.24, 2.45) is 17.8 Å². The van der Waals surface area contributed by atoms with Crippen molar-refractivity contribution in [1.82, 2.24) is 0 Å². The molecule has 0 heterocycles. The molecule has 0 aliphatic heterocycles. The summed E-state index contributed by atoms with van der Waals surface area (Å²) in [6, 6.07) is 0. The molecule has 11 heavy (non-hydrogen) atoms. The predicted octanol–water partition coefficient (Wildman–Crippen LogP) is 2.82. The van der Waals surface area contributed by atoms with Crippen molar-refractivity contribution in [3.63, 3.8) is 0 Å². The van der Waals surface area contributed by atoms with Crippen molar-refractivity contribution in [3.05, 3.63) is 0 Å². The van der Waals surface area contributed by atoms with E-state index in [0.29, 0.717) is 5.92 Å². The first-order chi connectivity index (χ1) is 5.11. The van der Waals surface area contributed by atoms with E-state index in [0.717, 1.165) is 25.2 Å². The summed E-state index contributed by atoms with van der Waals surface area (Å²) >= 11 is 5.46. The molecule has 0 aromatic carbocycles. The van der Waals surface area contributed by atoms with E-state index >= 15 is 0 Å². The third-order valence-electron chi connectivity index (χ3n) is 2.72. The highest BCUT2D eigenvalue weighted by Gasteiger charge is 2.29. The van der Waals surface area contributed by atoms with Gasteiger partial charge in [0, 0.05) is 5.92 Å². The van der Waals surface area contributed by atoms with E-state index in [1.54, 1.807) is 0 Å². The molecule has 0 saturated heterocycles. The van der Waals surface area contributed by atoms with Crippen LogP contribution in [-0.4, -0.2) is 5.24 Å². The van der Waals surface area contributed by atoms with E-state index in [-0.39, 0.29) is 11.2 Å². The molecule has 1 saturated carbocycles. The molecule has 0 amide bonds. The van der Waals surface area contributed by atoms with Crippen molar-refractivity contribution in [2.45, 2.75) is 33.1 Å². The summed E-state index contributed by atoms with van der Waals surface area (Å²) in [5.41, 5.74) is 0. The Balaban J connectivity index is 2.50. The van der Waals surface area contributed by atoms with Gasteiger partial charge in [-0.25, -0.2) is 0 Å². The molecule has 0 N–H and O–H groups in total. The molecule has 1 rings (SSSR count). The van der Waals surface area contributed by atoms with Crippen LogP contribution >= 0.6 is 11.6 Å². The average molecular weight is 175 g/mol. The number of carbonyl (C=O) groups is 1. The van der Waals surface area contributed by atoms with Crippen molar-refractivity contribution < 1.29 is 4.79 Å². The van der Waals surface area contributed by atoms with Crippen LogP contribution in [0.3, 0.4) is 0 Å². The summed E-state index contributed by atoms with van der Waals surface area (Å²) in [5.74, 6) is 1.40. The summed E-state index contributed by atoms with van der Waals surface area (Å²) in [5, 5.41) is -0.135. The Morgan fingerprint density at radius 2 is 2.00 bits per heavy atom. The van der Waals surface area contributed by atoms with Gasteiger partial charge in [-0.1, -0.05) is 13.8 Å². The monoisotopic (exact) mass is 174 g/mol. The Bertz CT molecular complexity index is 156. The van der Waals surface area contributed by atoms with Crippen LogP contribution in [0.5, 0.6) is 0 Å². The van der Waals surface area contributed by atoms with Crippen LogP contribution in [0.15, 0.2) is 0 Å². The minimum atomic E-state index is -0.135. The Hall–Kier alpha value is -0.0400. The summed E-state index contributed by atoms with van der Waals surface area (Å²) in [6.45, 7) is 4.37. The first-order valence-corrected chi connectivity index (χ1v) is 4.68. The third kappa shape index (κ3) is 2.19. The van der Waals surface area contributed by atoms with Crippen LogP contribution in [-0.2, 0) is 4.79 Å². The second kappa shape index (κ2) is 3.57. The molecule has 1 nitrogen and oxygen atoms in total. The topological polar surface area (TPSA) is 17.1 Å². The molecule has 0 aromatic rings. The number of hydrogen-bond donors (Lipinski definition) is 0. The fourth-order valence-corrected chi connectivity index (χ4v) is 2.33. The molecular formula is C9H15ClO. The summed E-state index contributed by atoms with van der Waals surface area (Å²) < 4.78 is 0. The highest BCUT2D eigenvalue weighted by Crippen LogP contribution is 2.34. The molecule has 1 fully saturated rings. The summed E-state index contributed by atoms with van der Waals surface area (Å²) in [7, 11) is 0. The van der Waals surface area contributed by atoms with Gasteiger partial charge in [0.25, 0.3) is 0 Å². The lowest BCUT2D eigenvalue weighted by atomic mass is 9.76. The van der Waals surface area contributed by atoms with Crippen LogP contribution in [0.1, 0.15) is 33.1 Å². The van der Waals surface area contributed by atoms with Crippen molar-refractivity contribution in [1.29, 1.82) is 0 Å². The number of carbonyl (C=O) groups excluding carboxylic acids is 1. The minimum absolute atomic E-state index is 0.132. The van der Waals surface area contributed by atoms with Crippen LogP contribution < -0.4 is 0 Å². The van der Waals surface area contributed by atoms with Gasteiger partial charge in [0.2, 0.25) is 5.24 Å². The highest BCUT2D eigenvalue weighted by molar-refractivity contribution is 6.64. The van der Waals surface area contributed by atoms with Gasteiger partial charge in [-0.05, 0) is 42.7 Å². The first-order valence-electron chi connectivity index (χ1n) is 4.30. The maximum absolute atomic E-state index is 10.9. The molecule has 3 atom stereocenters. The van der Waals surface area contributed by atoms with Gasteiger partial charge in [-0.3, -0.25) is 4.79 Å².